The smallest absolute Gasteiger partial charge is 0.175 e. The molecule has 1 saturated carbocycles. The highest BCUT2D eigenvalue weighted by molar-refractivity contribution is 6.33. The Morgan fingerprint density at radius 3 is 2.38 bits per heavy atom. The van der Waals surface area contributed by atoms with E-state index in [9.17, 15) is 4.39 Å². The molecule has 0 bridgehead atoms. The van der Waals surface area contributed by atoms with E-state index in [0.717, 1.165) is 5.76 Å². The van der Waals surface area contributed by atoms with Gasteiger partial charge >= 0.3 is 0 Å². The van der Waals surface area contributed by atoms with Gasteiger partial charge in [0, 0.05) is 11.5 Å². The number of aromatic nitrogens is 1. The summed E-state index contributed by atoms with van der Waals surface area (Å²) in [5.74, 6) is 0.839. The first-order valence-corrected chi connectivity index (χ1v) is 7.26. The van der Waals surface area contributed by atoms with Crippen LogP contribution in [0.15, 0.2) is 22.7 Å². The van der Waals surface area contributed by atoms with Crippen molar-refractivity contribution < 1.29 is 8.91 Å². The Morgan fingerprint density at radius 1 is 1.24 bits per heavy atom. The van der Waals surface area contributed by atoms with Crippen LogP contribution in [0.3, 0.4) is 0 Å². The van der Waals surface area contributed by atoms with Crippen molar-refractivity contribution in [1.82, 2.24) is 5.16 Å². The molecular formula is C16H18ClFN2O. The van der Waals surface area contributed by atoms with Gasteiger partial charge in [-0.15, -0.1) is 0 Å². The summed E-state index contributed by atoms with van der Waals surface area (Å²) in [7, 11) is 0. The van der Waals surface area contributed by atoms with E-state index in [2.05, 4.69) is 32.9 Å². The largest absolute Gasteiger partial charge is 0.380 e. The van der Waals surface area contributed by atoms with Crippen LogP contribution >= 0.6 is 11.6 Å². The average molecular weight is 309 g/mol. The maximum atomic E-state index is 13.3. The van der Waals surface area contributed by atoms with Crippen molar-refractivity contribution >= 4 is 17.4 Å². The fraction of sp³-hybridized carbons (Fsp3) is 0.438. The predicted octanol–water partition coefficient (Wildman–Crippen LogP) is 4.87. The van der Waals surface area contributed by atoms with Crippen LogP contribution in [0.5, 0.6) is 0 Å². The second-order valence-corrected chi connectivity index (χ2v) is 7.21. The highest BCUT2D eigenvalue weighted by atomic mass is 35.5. The number of halogens is 2. The van der Waals surface area contributed by atoms with E-state index >= 15 is 0 Å². The van der Waals surface area contributed by atoms with Gasteiger partial charge in [0.2, 0.25) is 0 Å². The van der Waals surface area contributed by atoms with Gasteiger partial charge in [-0.05, 0) is 29.0 Å². The lowest BCUT2D eigenvalue weighted by atomic mass is 10.00. The van der Waals surface area contributed by atoms with Crippen LogP contribution < -0.4 is 5.73 Å². The molecule has 0 unspecified atom stereocenters. The molecule has 112 valence electrons. The Hall–Kier alpha value is -1.55. The van der Waals surface area contributed by atoms with Crippen LogP contribution in [0.25, 0.3) is 11.1 Å². The molecule has 0 spiro atoms. The Bertz CT molecular complexity index is 707. The molecule has 5 heteroatoms. The minimum Gasteiger partial charge on any atom is -0.380 e. The Morgan fingerprint density at radius 2 is 1.86 bits per heavy atom. The van der Waals surface area contributed by atoms with Crippen LogP contribution in [0, 0.1) is 16.6 Å². The third kappa shape index (κ3) is 1.89. The molecule has 0 amide bonds. The standard InChI is InChI=1S/C16H18ClFN2O/c1-15(2)13(16(15,3)4)12-11(14(19)20-21-12)9-6-5-8(18)7-10(9)17/h5-7,13H,1-4H3,(H2,19,20). The van der Waals surface area contributed by atoms with E-state index in [1.807, 2.05) is 0 Å². The summed E-state index contributed by atoms with van der Waals surface area (Å²) in [6.07, 6.45) is 0. The van der Waals surface area contributed by atoms with Crippen LogP contribution in [-0.4, -0.2) is 5.16 Å². The Labute approximate surface area is 128 Å². The van der Waals surface area contributed by atoms with E-state index in [0.29, 0.717) is 16.1 Å². The number of rotatable bonds is 2. The number of nitrogens with zero attached hydrogens (tertiary/aromatic N) is 1. The second-order valence-electron chi connectivity index (χ2n) is 6.81. The van der Waals surface area contributed by atoms with Crippen LogP contribution in [0.1, 0.15) is 39.4 Å². The van der Waals surface area contributed by atoms with Crippen LogP contribution in [0.4, 0.5) is 10.2 Å². The maximum Gasteiger partial charge on any atom is 0.175 e. The SMILES string of the molecule is CC1(C)C(c2onc(N)c2-c2ccc(F)cc2Cl)C1(C)C. The number of hydrogen-bond acceptors (Lipinski definition) is 3. The fourth-order valence-electron chi connectivity index (χ4n) is 3.33. The molecule has 1 fully saturated rings. The number of hydrogen-bond donors (Lipinski definition) is 1. The zero-order valence-corrected chi connectivity index (χ0v) is 13.3. The maximum absolute atomic E-state index is 13.3. The second kappa shape index (κ2) is 4.23. The van der Waals surface area contributed by atoms with Gasteiger partial charge in [-0.3, -0.25) is 0 Å². The Kier molecular flexibility index (Phi) is 2.90. The van der Waals surface area contributed by atoms with Crippen molar-refractivity contribution in [3.63, 3.8) is 0 Å². The zero-order chi connectivity index (χ0) is 15.6. The topological polar surface area (TPSA) is 52.0 Å². The predicted molar refractivity (Wildman–Crippen MR) is 81.6 cm³/mol. The number of anilines is 1. The van der Waals surface area contributed by atoms with E-state index in [4.69, 9.17) is 21.9 Å². The van der Waals surface area contributed by atoms with Gasteiger partial charge in [-0.1, -0.05) is 44.5 Å². The molecule has 1 heterocycles. The molecule has 1 aliphatic rings. The third-order valence-corrected chi connectivity index (χ3v) is 5.54. The summed E-state index contributed by atoms with van der Waals surface area (Å²) in [6.45, 7) is 8.75. The minimum absolute atomic E-state index is 0.0836. The molecule has 0 radical (unpaired) electrons. The van der Waals surface area contributed by atoms with Gasteiger partial charge in [0.25, 0.3) is 0 Å². The van der Waals surface area contributed by atoms with E-state index in [1.54, 1.807) is 6.07 Å². The van der Waals surface area contributed by atoms with Crippen LogP contribution in [-0.2, 0) is 0 Å². The monoisotopic (exact) mass is 308 g/mol. The average Bonchev–Trinajstić information content (AvgIpc) is 2.65. The van der Waals surface area contributed by atoms with Crippen LogP contribution in [0.2, 0.25) is 5.02 Å². The fourth-order valence-corrected chi connectivity index (χ4v) is 3.59. The first-order chi connectivity index (χ1) is 9.68. The number of benzene rings is 1. The Balaban J connectivity index is 2.15. The summed E-state index contributed by atoms with van der Waals surface area (Å²) in [5, 5.41) is 4.21. The molecule has 0 atom stereocenters. The zero-order valence-electron chi connectivity index (χ0n) is 12.5. The highest BCUT2D eigenvalue weighted by Gasteiger charge is 2.67. The lowest BCUT2D eigenvalue weighted by Crippen LogP contribution is -1.95. The van der Waals surface area contributed by atoms with Crippen molar-refractivity contribution in [2.45, 2.75) is 33.6 Å². The number of nitrogen functional groups attached to an aromatic ring is 1. The molecule has 3 nitrogen and oxygen atoms in total. The molecule has 21 heavy (non-hydrogen) atoms. The first kappa shape index (κ1) is 14.4. The molecule has 1 aromatic carbocycles. The van der Waals surface area contributed by atoms with E-state index in [1.165, 1.54) is 12.1 Å². The lowest BCUT2D eigenvalue weighted by Gasteiger charge is -2.06. The van der Waals surface area contributed by atoms with Gasteiger partial charge in [-0.2, -0.15) is 0 Å². The molecule has 1 aliphatic carbocycles. The summed E-state index contributed by atoms with van der Waals surface area (Å²) < 4.78 is 18.8. The van der Waals surface area contributed by atoms with Gasteiger partial charge in [0.1, 0.15) is 5.82 Å². The van der Waals surface area contributed by atoms with Crippen molar-refractivity contribution in [3.8, 4) is 11.1 Å². The van der Waals surface area contributed by atoms with Gasteiger partial charge in [0.05, 0.1) is 10.6 Å². The minimum atomic E-state index is -0.382. The van der Waals surface area contributed by atoms with Crippen molar-refractivity contribution in [2.24, 2.45) is 10.8 Å². The molecule has 0 saturated heterocycles. The van der Waals surface area contributed by atoms with Gasteiger partial charge in [-0.25, -0.2) is 4.39 Å². The molecule has 2 N–H and O–H groups in total. The van der Waals surface area contributed by atoms with Gasteiger partial charge in [0.15, 0.2) is 11.6 Å². The first-order valence-electron chi connectivity index (χ1n) is 6.88. The van der Waals surface area contributed by atoms with Crippen molar-refractivity contribution in [1.29, 1.82) is 0 Å². The highest BCUT2D eigenvalue weighted by Crippen LogP contribution is 2.74. The van der Waals surface area contributed by atoms with E-state index in [-0.39, 0.29) is 28.4 Å². The molecule has 0 aliphatic heterocycles. The summed E-state index contributed by atoms with van der Waals surface area (Å²) in [6, 6.07) is 4.25. The molecule has 1 aromatic heterocycles. The van der Waals surface area contributed by atoms with Gasteiger partial charge < -0.3 is 10.3 Å². The van der Waals surface area contributed by atoms with Crippen molar-refractivity contribution in [2.75, 3.05) is 5.73 Å². The quantitative estimate of drug-likeness (QED) is 0.861. The molecular weight excluding hydrogens is 291 g/mol. The lowest BCUT2D eigenvalue weighted by molar-refractivity contribution is 0.374. The summed E-state index contributed by atoms with van der Waals surface area (Å²) in [4.78, 5) is 0. The summed E-state index contributed by atoms with van der Waals surface area (Å²) in [5.41, 5.74) is 7.47. The summed E-state index contributed by atoms with van der Waals surface area (Å²) >= 11 is 6.17. The normalized spacial score (nSPS) is 19.7. The number of nitrogens with two attached hydrogens (primary N) is 1. The molecule has 3 rings (SSSR count). The van der Waals surface area contributed by atoms with E-state index < -0.39 is 0 Å². The van der Waals surface area contributed by atoms with Crippen molar-refractivity contribution in [3.05, 3.63) is 34.8 Å². The molecule has 2 aromatic rings. The third-order valence-electron chi connectivity index (χ3n) is 5.23.